The summed E-state index contributed by atoms with van der Waals surface area (Å²) in [6.07, 6.45) is 6.01. The second-order valence-corrected chi connectivity index (χ2v) is 5.72. The number of benzene rings is 2. The van der Waals surface area contributed by atoms with Crippen LogP contribution in [-0.4, -0.2) is 26.5 Å². The van der Waals surface area contributed by atoms with Crippen molar-refractivity contribution < 1.29 is 0 Å². The summed E-state index contributed by atoms with van der Waals surface area (Å²) in [6.45, 7) is 0.823. The number of nitrogens with one attached hydrogen (secondary N) is 1. The molecule has 1 N–H and O–H groups in total. The van der Waals surface area contributed by atoms with E-state index in [2.05, 4.69) is 49.5 Å². The molecule has 5 heteroatoms. The molecule has 4 rings (SSSR count). The van der Waals surface area contributed by atoms with E-state index in [1.165, 1.54) is 5.56 Å². The average Bonchev–Trinajstić information content (AvgIpc) is 2.69. The largest absolute Gasteiger partial charge is 0.368 e. The number of rotatable bonds is 5. The van der Waals surface area contributed by atoms with Crippen molar-refractivity contribution in [1.82, 2.24) is 19.9 Å². The Bertz CT molecular complexity index is 971. The van der Waals surface area contributed by atoms with E-state index in [1.807, 2.05) is 30.3 Å². The summed E-state index contributed by atoms with van der Waals surface area (Å²) in [5.41, 5.74) is 4.91. The van der Waals surface area contributed by atoms with Crippen molar-refractivity contribution in [1.29, 1.82) is 0 Å². The minimum atomic E-state index is 0.790. The van der Waals surface area contributed by atoms with Crippen LogP contribution in [0.15, 0.2) is 73.3 Å². The fourth-order valence-corrected chi connectivity index (χ4v) is 2.70. The lowest BCUT2D eigenvalue weighted by atomic mass is 10.1. The van der Waals surface area contributed by atoms with Crippen molar-refractivity contribution in [2.75, 3.05) is 11.9 Å². The van der Waals surface area contributed by atoms with Crippen LogP contribution in [0.1, 0.15) is 5.56 Å². The van der Waals surface area contributed by atoms with Crippen molar-refractivity contribution in [2.45, 2.75) is 6.42 Å². The highest BCUT2D eigenvalue weighted by atomic mass is 15.0. The zero-order valence-electron chi connectivity index (χ0n) is 13.6. The van der Waals surface area contributed by atoms with Gasteiger partial charge in [0.2, 0.25) is 0 Å². The molecule has 0 saturated heterocycles. The molecule has 0 spiro atoms. The third kappa shape index (κ3) is 3.61. The van der Waals surface area contributed by atoms with Gasteiger partial charge in [0.1, 0.15) is 12.1 Å². The van der Waals surface area contributed by atoms with Crippen molar-refractivity contribution in [3.63, 3.8) is 0 Å². The second-order valence-electron chi connectivity index (χ2n) is 5.72. The summed E-state index contributed by atoms with van der Waals surface area (Å²) in [5.74, 6) is 0.790. The first-order chi connectivity index (χ1) is 12.4. The SMILES string of the molecule is c1ccc(CCNc2cnc3cc(-c4ccncn4)ccc3n2)cc1. The van der Waals surface area contributed by atoms with E-state index in [0.29, 0.717) is 0 Å². The molecule has 25 heavy (non-hydrogen) atoms. The highest BCUT2D eigenvalue weighted by Gasteiger charge is 2.04. The van der Waals surface area contributed by atoms with Crippen LogP contribution in [0.2, 0.25) is 0 Å². The lowest BCUT2D eigenvalue weighted by molar-refractivity contribution is 1.01. The fourth-order valence-electron chi connectivity index (χ4n) is 2.70. The summed E-state index contributed by atoms with van der Waals surface area (Å²) in [5, 5.41) is 3.34. The van der Waals surface area contributed by atoms with E-state index in [4.69, 9.17) is 0 Å². The van der Waals surface area contributed by atoms with Gasteiger partial charge in [-0.3, -0.25) is 4.98 Å². The van der Waals surface area contributed by atoms with Crippen molar-refractivity contribution in [3.05, 3.63) is 78.9 Å². The summed E-state index contributed by atoms with van der Waals surface area (Å²) in [6, 6.07) is 18.3. The number of aromatic nitrogens is 4. The van der Waals surface area contributed by atoms with Gasteiger partial charge in [-0.15, -0.1) is 0 Å². The van der Waals surface area contributed by atoms with Gasteiger partial charge in [-0.1, -0.05) is 36.4 Å². The molecule has 0 atom stereocenters. The predicted molar refractivity (Wildman–Crippen MR) is 99.2 cm³/mol. The molecular formula is C20H17N5. The van der Waals surface area contributed by atoms with Crippen LogP contribution in [0, 0.1) is 0 Å². The molecule has 2 heterocycles. The summed E-state index contributed by atoms with van der Waals surface area (Å²) < 4.78 is 0. The van der Waals surface area contributed by atoms with E-state index in [-0.39, 0.29) is 0 Å². The molecule has 0 bridgehead atoms. The monoisotopic (exact) mass is 327 g/mol. The van der Waals surface area contributed by atoms with E-state index < -0.39 is 0 Å². The molecule has 0 aliphatic carbocycles. The molecule has 2 aromatic carbocycles. The Labute approximate surface area is 145 Å². The van der Waals surface area contributed by atoms with Gasteiger partial charge in [-0.05, 0) is 30.2 Å². The van der Waals surface area contributed by atoms with E-state index in [1.54, 1.807) is 18.7 Å². The smallest absolute Gasteiger partial charge is 0.145 e. The van der Waals surface area contributed by atoms with Crippen molar-refractivity contribution in [2.24, 2.45) is 0 Å². The number of anilines is 1. The second kappa shape index (κ2) is 7.05. The number of fused-ring (bicyclic) bond motifs is 1. The van der Waals surface area contributed by atoms with Gasteiger partial charge in [0.25, 0.3) is 0 Å². The molecule has 0 saturated carbocycles. The maximum absolute atomic E-state index is 4.63. The van der Waals surface area contributed by atoms with Gasteiger partial charge in [0, 0.05) is 18.3 Å². The van der Waals surface area contributed by atoms with Gasteiger partial charge < -0.3 is 5.32 Å². The maximum Gasteiger partial charge on any atom is 0.145 e. The molecule has 122 valence electrons. The Balaban J connectivity index is 1.49. The molecule has 0 unspecified atom stereocenters. The van der Waals surface area contributed by atoms with Crippen LogP contribution in [-0.2, 0) is 6.42 Å². The Kier molecular flexibility index (Phi) is 4.29. The number of hydrogen-bond donors (Lipinski definition) is 1. The topological polar surface area (TPSA) is 63.6 Å². The average molecular weight is 327 g/mol. The first kappa shape index (κ1) is 15.2. The van der Waals surface area contributed by atoms with Gasteiger partial charge in [-0.2, -0.15) is 0 Å². The van der Waals surface area contributed by atoms with Crippen LogP contribution in [0.5, 0.6) is 0 Å². The molecule has 0 amide bonds. The van der Waals surface area contributed by atoms with Crippen LogP contribution in [0.4, 0.5) is 5.82 Å². The molecule has 0 fully saturated rings. The molecule has 2 aromatic heterocycles. The molecule has 0 radical (unpaired) electrons. The van der Waals surface area contributed by atoms with Crippen LogP contribution < -0.4 is 5.32 Å². The standard InChI is InChI=1S/C20H17N5/c1-2-4-15(5-3-1)8-11-22-20-13-23-19-12-16(6-7-18(19)25-20)17-9-10-21-14-24-17/h1-7,9-10,12-14H,8,11H2,(H,22,25). The summed E-state index contributed by atoms with van der Waals surface area (Å²) >= 11 is 0. The van der Waals surface area contributed by atoms with Gasteiger partial charge in [0.05, 0.1) is 22.9 Å². The van der Waals surface area contributed by atoms with Gasteiger partial charge in [-0.25, -0.2) is 15.0 Å². The van der Waals surface area contributed by atoms with E-state index in [9.17, 15) is 0 Å². The van der Waals surface area contributed by atoms with Crippen LogP contribution >= 0.6 is 0 Å². The molecule has 0 aliphatic rings. The van der Waals surface area contributed by atoms with Crippen molar-refractivity contribution >= 4 is 16.9 Å². The zero-order chi connectivity index (χ0) is 16.9. The minimum absolute atomic E-state index is 0.790. The Morgan fingerprint density at radius 1 is 0.880 bits per heavy atom. The zero-order valence-corrected chi connectivity index (χ0v) is 13.6. The van der Waals surface area contributed by atoms with E-state index >= 15 is 0 Å². The normalized spacial score (nSPS) is 10.7. The van der Waals surface area contributed by atoms with Gasteiger partial charge >= 0.3 is 0 Å². The number of nitrogens with zero attached hydrogens (tertiary/aromatic N) is 4. The van der Waals surface area contributed by atoms with Crippen LogP contribution in [0.3, 0.4) is 0 Å². The quantitative estimate of drug-likeness (QED) is 0.605. The lowest BCUT2D eigenvalue weighted by Gasteiger charge is -2.07. The minimum Gasteiger partial charge on any atom is -0.368 e. The Hall–Kier alpha value is -3.34. The highest BCUT2D eigenvalue weighted by Crippen LogP contribution is 2.21. The highest BCUT2D eigenvalue weighted by molar-refractivity contribution is 5.81. The van der Waals surface area contributed by atoms with E-state index in [0.717, 1.165) is 41.1 Å². The third-order valence-electron chi connectivity index (χ3n) is 3.98. The molecule has 5 nitrogen and oxygen atoms in total. The van der Waals surface area contributed by atoms with Crippen LogP contribution in [0.25, 0.3) is 22.3 Å². The fraction of sp³-hybridized carbons (Fsp3) is 0.100. The molecule has 4 aromatic rings. The predicted octanol–water partition coefficient (Wildman–Crippen LogP) is 3.74. The Morgan fingerprint density at radius 3 is 2.64 bits per heavy atom. The third-order valence-corrected chi connectivity index (χ3v) is 3.98. The number of hydrogen-bond acceptors (Lipinski definition) is 5. The molecule has 0 aliphatic heterocycles. The summed E-state index contributed by atoms with van der Waals surface area (Å²) in [7, 11) is 0. The summed E-state index contributed by atoms with van der Waals surface area (Å²) in [4.78, 5) is 17.4. The lowest BCUT2D eigenvalue weighted by Crippen LogP contribution is -2.06. The van der Waals surface area contributed by atoms with Gasteiger partial charge in [0.15, 0.2) is 0 Å². The van der Waals surface area contributed by atoms with Crippen molar-refractivity contribution in [3.8, 4) is 11.3 Å². The Morgan fingerprint density at radius 2 is 1.80 bits per heavy atom. The molecular weight excluding hydrogens is 310 g/mol. The maximum atomic E-state index is 4.63. The first-order valence-corrected chi connectivity index (χ1v) is 8.19. The first-order valence-electron chi connectivity index (χ1n) is 8.19.